The quantitative estimate of drug-likeness (QED) is 0.880. The van der Waals surface area contributed by atoms with Crippen molar-refractivity contribution in [1.29, 1.82) is 0 Å². The molecule has 5 heteroatoms. The zero-order chi connectivity index (χ0) is 16.3. The van der Waals surface area contributed by atoms with E-state index in [4.69, 9.17) is 0 Å². The third kappa shape index (κ3) is 3.72. The van der Waals surface area contributed by atoms with Gasteiger partial charge in [0.05, 0.1) is 5.01 Å². The molecule has 23 heavy (non-hydrogen) atoms. The minimum atomic E-state index is -0.00406. The maximum atomic E-state index is 12.4. The SMILES string of the molecule is CC(CN(C)C(=O)NCC1(c2ccccc2)CC1)c1nccs1. The van der Waals surface area contributed by atoms with E-state index in [1.54, 1.807) is 16.2 Å². The van der Waals surface area contributed by atoms with E-state index in [1.165, 1.54) is 5.56 Å². The highest BCUT2D eigenvalue weighted by atomic mass is 32.1. The Balaban J connectivity index is 1.51. The molecule has 1 aliphatic carbocycles. The Morgan fingerprint density at radius 3 is 2.74 bits per heavy atom. The van der Waals surface area contributed by atoms with Crippen molar-refractivity contribution in [3.8, 4) is 0 Å². The lowest BCUT2D eigenvalue weighted by atomic mass is 9.96. The van der Waals surface area contributed by atoms with Crippen LogP contribution in [0.25, 0.3) is 0 Å². The van der Waals surface area contributed by atoms with Gasteiger partial charge in [0, 0.05) is 43.0 Å². The van der Waals surface area contributed by atoms with E-state index in [0.717, 1.165) is 17.8 Å². The van der Waals surface area contributed by atoms with E-state index < -0.39 is 0 Å². The fraction of sp³-hybridized carbons (Fsp3) is 0.444. The van der Waals surface area contributed by atoms with Crippen molar-refractivity contribution in [2.45, 2.75) is 31.1 Å². The molecule has 1 heterocycles. The standard InChI is InChI=1S/C18H23N3OS/c1-14(16-19-10-11-23-16)12-21(2)17(22)20-13-18(8-9-18)15-6-4-3-5-7-15/h3-7,10-11,14H,8-9,12-13H2,1-2H3,(H,20,22). The molecule has 1 aromatic carbocycles. The molecule has 2 aromatic rings. The normalized spacial score (nSPS) is 16.6. The summed E-state index contributed by atoms with van der Waals surface area (Å²) < 4.78 is 0. The van der Waals surface area contributed by atoms with Gasteiger partial charge in [0.2, 0.25) is 0 Å². The molecule has 122 valence electrons. The van der Waals surface area contributed by atoms with Gasteiger partial charge in [-0.1, -0.05) is 37.3 Å². The first-order valence-electron chi connectivity index (χ1n) is 8.05. The lowest BCUT2D eigenvalue weighted by molar-refractivity contribution is 0.205. The highest BCUT2D eigenvalue weighted by Gasteiger charge is 2.44. The molecular formula is C18H23N3OS. The molecule has 1 N–H and O–H groups in total. The highest BCUT2D eigenvalue weighted by Crippen LogP contribution is 2.47. The Bertz CT molecular complexity index is 638. The number of amides is 2. The van der Waals surface area contributed by atoms with Gasteiger partial charge < -0.3 is 10.2 Å². The molecular weight excluding hydrogens is 306 g/mol. The number of carbonyl (C=O) groups is 1. The summed E-state index contributed by atoms with van der Waals surface area (Å²) in [5.41, 5.74) is 1.48. The van der Waals surface area contributed by atoms with Crippen molar-refractivity contribution in [3.63, 3.8) is 0 Å². The molecule has 0 bridgehead atoms. The number of hydrogen-bond acceptors (Lipinski definition) is 3. The van der Waals surface area contributed by atoms with E-state index in [-0.39, 0.29) is 17.4 Å². The van der Waals surface area contributed by atoms with Crippen molar-refractivity contribution >= 4 is 17.4 Å². The summed E-state index contributed by atoms with van der Waals surface area (Å²) in [6.07, 6.45) is 4.11. The first-order valence-corrected chi connectivity index (χ1v) is 8.92. The van der Waals surface area contributed by atoms with E-state index in [2.05, 4.69) is 41.5 Å². The van der Waals surface area contributed by atoms with Crippen LogP contribution in [0.2, 0.25) is 0 Å². The third-order valence-corrected chi connectivity index (χ3v) is 5.59. The van der Waals surface area contributed by atoms with Crippen LogP contribution in [0.4, 0.5) is 4.79 Å². The van der Waals surface area contributed by atoms with Gasteiger partial charge in [-0.25, -0.2) is 9.78 Å². The molecule has 0 spiro atoms. The van der Waals surface area contributed by atoms with Gasteiger partial charge in [0.15, 0.2) is 0 Å². The van der Waals surface area contributed by atoms with Crippen LogP contribution in [0.3, 0.4) is 0 Å². The van der Waals surface area contributed by atoms with Crippen LogP contribution in [0.15, 0.2) is 41.9 Å². The summed E-state index contributed by atoms with van der Waals surface area (Å²) in [5, 5.41) is 6.16. The van der Waals surface area contributed by atoms with Gasteiger partial charge in [0.25, 0.3) is 0 Å². The molecule has 2 amide bonds. The molecule has 3 rings (SSSR count). The number of aromatic nitrogens is 1. The van der Waals surface area contributed by atoms with Crippen molar-refractivity contribution in [2.75, 3.05) is 20.1 Å². The van der Waals surface area contributed by atoms with E-state index in [1.807, 2.05) is 24.7 Å². The summed E-state index contributed by atoms with van der Waals surface area (Å²) in [7, 11) is 1.85. The molecule has 1 atom stereocenters. The number of carbonyl (C=O) groups excluding carboxylic acids is 1. The van der Waals surface area contributed by atoms with Gasteiger partial charge in [-0.05, 0) is 18.4 Å². The molecule has 4 nitrogen and oxygen atoms in total. The van der Waals surface area contributed by atoms with Crippen LogP contribution in [0, 0.1) is 0 Å². The number of hydrogen-bond donors (Lipinski definition) is 1. The van der Waals surface area contributed by atoms with Crippen molar-refractivity contribution in [2.24, 2.45) is 0 Å². The van der Waals surface area contributed by atoms with Gasteiger partial charge >= 0.3 is 6.03 Å². The summed E-state index contributed by atoms with van der Waals surface area (Å²) in [6, 6.07) is 10.5. The average molecular weight is 329 g/mol. The van der Waals surface area contributed by atoms with Crippen LogP contribution in [0.1, 0.15) is 36.3 Å². The molecule has 1 aromatic heterocycles. The second-order valence-electron chi connectivity index (χ2n) is 6.46. The molecule has 1 saturated carbocycles. The van der Waals surface area contributed by atoms with Crippen LogP contribution in [0.5, 0.6) is 0 Å². The number of thiazole rings is 1. The average Bonchev–Trinajstić information content (AvgIpc) is 3.16. The minimum Gasteiger partial charge on any atom is -0.337 e. The van der Waals surface area contributed by atoms with Crippen LogP contribution in [-0.4, -0.2) is 36.1 Å². The highest BCUT2D eigenvalue weighted by molar-refractivity contribution is 7.09. The first kappa shape index (κ1) is 16.0. The van der Waals surface area contributed by atoms with Gasteiger partial charge in [-0.3, -0.25) is 0 Å². The van der Waals surface area contributed by atoms with Gasteiger partial charge in [-0.2, -0.15) is 0 Å². The Morgan fingerprint density at radius 2 is 2.13 bits per heavy atom. The van der Waals surface area contributed by atoms with Gasteiger partial charge in [-0.15, -0.1) is 11.3 Å². The van der Waals surface area contributed by atoms with Crippen LogP contribution in [-0.2, 0) is 5.41 Å². The maximum absolute atomic E-state index is 12.4. The molecule has 0 aliphatic heterocycles. The summed E-state index contributed by atoms with van der Waals surface area (Å²) in [6.45, 7) is 3.50. The second kappa shape index (κ2) is 6.71. The summed E-state index contributed by atoms with van der Waals surface area (Å²) in [4.78, 5) is 18.4. The maximum Gasteiger partial charge on any atom is 0.317 e. The third-order valence-electron chi connectivity index (χ3n) is 4.59. The Hall–Kier alpha value is -1.88. The van der Waals surface area contributed by atoms with Crippen LogP contribution >= 0.6 is 11.3 Å². The van der Waals surface area contributed by atoms with E-state index in [9.17, 15) is 4.79 Å². The summed E-state index contributed by atoms with van der Waals surface area (Å²) >= 11 is 1.64. The predicted octanol–water partition coefficient (Wildman–Crippen LogP) is 3.62. The van der Waals surface area contributed by atoms with Crippen molar-refractivity contribution < 1.29 is 4.79 Å². The van der Waals surface area contributed by atoms with Crippen molar-refractivity contribution in [3.05, 3.63) is 52.5 Å². The first-order chi connectivity index (χ1) is 11.1. The van der Waals surface area contributed by atoms with Gasteiger partial charge in [0.1, 0.15) is 0 Å². The predicted molar refractivity (Wildman–Crippen MR) is 93.9 cm³/mol. The largest absolute Gasteiger partial charge is 0.337 e. The monoisotopic (exact) mass is 329 g/mol. The zero-order valence-corrected chi connectivity index (χ0v) is 14.5. The number of nitrogens with zero attached hydrogens (tertiary/aromatic N) is 2. The fourth-order valence-corrected chi connectivity index (χ4v) is 3.63. The molecule has 0 saturated heterocycles. The zero-order valence-electron chi connectivity index (χ0n) is 13.7. The number of benzene rings is 1. The van der Waals surface area contributed by atoms with E-state index >= 15 is 0 Å². The lowest BCUT2D eigenvalue weighted by Gasteiger charge is -2.23. The molecule has 1 aliphatic rings. The lowest BCUT2D eigenvalue weighted by Crippen LogP contribution is -2.42. The molecule has 0 radical (unpaired) electrons. The molecule has 1 unspecified atom stereocenters. The molecule has 1 fully saturated rings. The number of rotatable bonds is 6. The van der Waals surface area contributed by atoms with Crippen LogP contribution < -0.4 is 5.32 Å². The Morgan fingerprint density at radius 1 is 1.39 bits per heavy atom. The minimum absolute atomic E-state index is 0.00406. The Kier molecular flexibility index (Phi) is 4.66. The second-order valence-corrected chi connectivity index (χ2v) is 7.38. The summed E-state index contributed by atoms with van der Waals surface area (Å²) in [5.74, 6) is 0.259. The topological polar surface area (TPSA) is 45.2 Å². The van der Waals surface area contributed by atoms with Crippen molar-refractivity contribution in [1.82, 2.24) is 15.2 Å². The fourth-order valence-electron chi connectivity index (χ4n) is 2.94. The number of urea groups is 1. The number of likely N-dealkylation sites (N-methyl/N-ethyl adjacent to an activating group) is 1. The number of nitrogens with one attached hydrogen (secondary N) is 1. The van der Waals surface area contributed by atoms with E-state index in [0.29, 0.717) is 13.1 Å². The Labute approximate surface area is 141 Å². The smallest absolute Gasteiger partial charge is 0.317 e.